The van der Waals surface area contributed by atoms with E-state index in [1.54, 1.807) is 29.2 Å². The van der Waals surface area contributed by atoms with Crippen LogP contribution in [0.25, 0.3) is 11.3 Å². The van der Waals surface area contributed by atoms with Gasteiger partial charge in [0.15, 0.2) is 5.82 Å². The largest absolute Gasteiger partial charge is 0.309 e. The predicted octanol–water partition coefficient (Wildman–Crippen LogP) is 2.94. The van der Waals surface area contributed by atoms with Gasteiger partial charge in [-0.1, -0.05) is 12.1 Å². The molecule has 9 heteroatoms. The fourth-order valence-electron chi connectivity index (χ4n) is 3.42. The Morgan fingerprint density at radius 2 is 1.97 bits per heavy atom. The Morgan fingerprint density at radius 1 is 1.10 bits per heavy atom. The van der Waals surface area contributed by atoms with Crippen molar-refractivity contribution in [2.24, 2.45) is 0 Å². The number of carbonyl (C=O) groups is 2. The fraction of sp³-hybridized carbons (Fsp3) is 0.286. The number of hydrogen-bond donors (Lipinski definition) is 1. The number of aryl methyl sites for hydroxylation is 2. The van der Waals surface area contributed by atoms with Crippen LogP contribution < -0.4 is 10.2 Å². The van der Waals surface area contributed by atoms with Crippen LogP contribution in [-0.2, 0) is 16.1 Å². The van der Waals surface area contributed by atoms with E-state index in [1.165, 1.54) is 12.1 Å². The number of fused-ring (bicyclic) bond motifs is 1. The third kappa shape index (κ3) is 4.35. The number of anilines is 2. The molecule has 0 saturated carbocycles. The molecule has 2 aromatic heterocycles. The van der Waals surface area contributed by atoms with E-state index in [0.29, 0.717) is 17.8 Å². The van der Waals surface area contributed by atoms with Crippen LogP contribution in [0.4, 0.5) is 16.0 Å². The lowest BCUT2D eigenvalue weighted by molar-refractivity contribution is -0.122. The van der Waals surface area contributed by atoms with E-state index in [-0.39, 0.29) is 36.3 Å². The number of aromatic nitrogens is 4. The van der Waals surface area contributed by atoms with Gasteiger partial charge in [-0.3, -0.25) is 14.5 Å². The molecule has 154 valence electrons. The first kappa shape index (κ1) is 19.7. The molecule has 1 aliphatic heterocycles. The zero-order chi connectivity index (χ0) is 21.1. The third-order valence-electron chi connectivity index (χ3n) is 4.83. The molecule has 0 aliphatic carbocycles. The van der Waals surface area contributed by atoms with Gasteiger partial charge in [0.25, 0.3) is 0 Å². The normalized spacial score (nSPS) is 13.1. The highest BCUT2D eigenvalue weighted by atomic mass is 19.1. The number of benzene rings is 1. The molecule has 1 aromatic carbocycles. The minimum absolute atomic E-state index is 0.0375. The van der Waals surface area contributed by atoms with Crippen molar-refractivity contribution in [1.29, 1.82) is 0 Å². The highest BCUT2D eigenvalue weighted by molar-refractivity contribution is 5.97. The van der Waals surface area contributed by atoms with Crippen molar-refractivity contribution in [3.63, 3.8) is 0 Å². The van der Waals surface area contributed by atoms with Crippen LogP contribution in [0, 0.1) is 12.7 Å². The second-order valence-corrected chi connectivity index (χ2v) is 7.13. The third-order valence-corrected chi connectivity index (χ3v) is 4.83. The van der Waals surface area contributed by atoms with Crippen molar-refractivity contribution in [2.45, 2.75) is 32.7 Å². The maximum atomic E-state index is 13.3. The first-order chi connectivity index (χ1) is 14.5. The predicted molar refractivity (Wildman–Crippen MR) is 109 cm³/mol. The van der Waals surface area contributed by atoms with Gasteiger partial charge in [0.1, 0.15) is 11.6 Å². The van der Waals surface area contributed by atoms with Gasteiger partial charge in [-0.15, -0.1) is 10.2 Å². The Kier molecular flexibility index (Phi) is 5.51. The summed E-state index contributed by atoms with van der Waals surface area (Å²) in [6, 6.07) is 11.2. The molecule has 0 fully saturated rings. The molecule has 4 rings (SSSR count). The highest BCUT2D eigenvalue weighted by Gasteiger charge is 2.24. The summed E-state index contributed by atoms with van der Waals surface area (Å²) < 4.78 is 15.2. The van der Waals surface area contributed by atoms with Crippen molar-refractivity contribution in [2.75, 3.05) is 16.8 Å². The van der Waals surface area contributed by atoms with Gasteiger partial charge in [-0.25, -0.2) is 9.07 Å². The van der Waals surface area contributed by atoms with Gasteiger partial charge in [0.05, 0.1) is 11.4 Å². The number of nitrogens with zero attached hydrogens (tertiary/aromatic N) is 5. The van der Waals surface area contributed by atoms with Gasteiger partial charge < -0.3 is 5.32 Å². The lowest BCUT2D eigenvalue weighted by atomic mass is 10.1. The van der Waals surface area contributed by atoms with Gasteiger partial charge in [-0.2, -0.15) is 5.10 Å². The van der Waals surface area contributed by atoms with Crippen LogP contribution in [0.15, 0.2) is 42.5 Å². The molecule has 1 N–H and O–H groups in total. The lowest BCUT2D eigenvalue weighted by Gasteiger charge is -2.27. The van der Waals surface area contributed by atoms with Crippen molar-refractivity contribution in [3.05, 3.63) is 54.0 Å². The summed E-state index contributed by atoms with van der Waals surface area (Å²) in [6.07, 6.45) is 0.958. The molecule has 30 heavy (non-hydrogen) atoms. The van der Waals surface area contributed by atoms with Crippen molar-refractivity contribution in [3.8, 4) is 11.3 Å². The summed E-state index contributed by atoms with van der Waals surface area (Å²) in [7, 11) is 0. The van der Waals surface area contributed by atoms with E-state index < -0.39 is 0 Å². The lowest BCUT2D eigenvalue weighted by Crippen LogP contribution is -2.37. The second kappa shape index (κ2) is 8.40. The summed E-state index contributed by atoms with van der Waals surface area (Å²) in [6.45, 7) is 3.30. The van der Waals surface area contributed by atoms with E-state index >= 15 is 0 Å². The fourth-order valence-corrected chi connectivity index (χ4v) is 3.42. The van der Waals surface area contributed by atoms with E-state index in [2.05, 4.69) is 20.6 Å². The number of halogens is 1. The van der Waals surface area contributed by atoms with Gasteiger partial charge >= 0.3 is 0 Å². The second-order valence-electron chi connectivity index (χ2n) is 7.13. The maximum Gasteiger partial charge on any atom is 0.228 e. The van der Waals surface area contributed by atoms with Crippen molar-refractivity contribution in [1.82, 2.24) is 20.0 Å². The summed E-state index contributed by atoms with van der Waals surface area (Å²) in [5.41, 5.74) is 1.96. The van der Waals surface area contributed by atoms with E-state index in [4.69, 9.17) is 0 Å². The molecule has 0 unspecified atom stereocenters. The molecular formula is C21H21FN6O2. The average molecular weight is 408 g/mol. The van der Waals surface area contributed by atoms with Gasteiger partial charge in [0, 0.05) is 37.6 Å². The number of rotatable bonds is 5. The Hall–Kier alpha value is -3.62. The molecule has 0 atom stereocenters. The molecule has 8 nitrogen and oxygen atoms in total. The number of hydrogen-bond acceptors (Lipinski definition) is 5. The standard InChI is InChI=1S/C21H21FN6O2/c1-14-12-20-27(10-3-11-28(20)26-14)21(30)9-8-19(29)23-18-7-6-17(24-25-18)15-4-2-5-16(22)13-15/h2,4-7,12-13H,3,8-11H2,1H3,(H,23,25,29). The van der Waals surface area contributed by atoms with Crippen molar-refractivity contribution < 1.29 is 14.0 Å². The first-order valence-corrected chi connectivity index (χ1v) is 9.74. The monoisotopic (exact) mass is 408 g/mol. The van der Waals surface area contributed by atoms with E-state index in [1.807, 2.05) is 17.7 Å². The first-order valence-electron chi connectivity index (χ1n) is 9.74. The SMILES string of the molecule is Cc1cc2n(n1)CCCN2C(=O)CCC(=O)Nc1ccc(-c2cccc(F)c2)nn1. The highest BCUT2D eigenvalue weighted by Crippen LogP contribution is 2.23. The minimum atomic E-state index is -0.358. The van der Waals surface area contributed by atoms with E-state index in [9.17, 15) is 14.0 Å². The topological polar surface area (TPSA) is 93.0 Å². The summed E-state index contributed by atoms with van der Waals surface area (Å²) in [5.74, 6) is 0.266. The summed E-state index contributed by atoms with van der Waals surface area (Å²) in [5, 5.41) is 15.0. The molecule has 0 spiro atoms. The van der Waals surface area contributed by atoms with Crippen LogP contribution in [0.1, 0.15) is 25.0 Å². The molecule has 2 amide bonds. The maximum absolute atomic E-state index is 13.3. The molecule has 3 aromatic rings. The van der Waals surface area contributed by atoms with Gasteiger partial charge in [-0.05, 0) is 37.6 Å². The molecular weight excluding hydrogens is 387 g/mol. The minimum Gasteiger partial charge on any atom is -0.309 e. The molecule has 1 aliphatic rings. The Morgan fingerprint density at radius 3 is 2.73 bits per heavy atom. The molecule has 0 radical (unpaired) electrons. The van der Waals surface area contributed by atoms with Crippen LogP contribution in [0.2, 0.25) is 0 Å². The quantitative estimate of drug-likeness (QED) is 0.701. The van der Waals surface area contributed by atoms with Crippen LogP contribution in [0.5, 0.6) is 0 Å². The summed E-state index contributed by atoms with van der Waals surface area (Å²) >= 11 is 0. The molecule has 3 heterocycles. The molecule has 0 saturated heterocycles. The zero-order valence-electron chi connectivity index (χ0n) is 16.5. The van der Waals surface area contributed by atoms with Crippen LogP contribution in [-0.4, -0.2) is 38.3 Å². The van der Waals surface area contributed by atoms with Crippen molar-refractivity contribution >= 4 is 23.5 Å². The zero-order valence-corrected chi connectivity index (χ0v) is 16.5. The Bertz CT molecular complexity index is 1080. The average Bonchev–Trinajstić information content (AvgIpc) is 3.12. The number of amides is 2. The van der Waals surface area contributed by atoms with Crippen LogP contribution in [0.3, 0.4) is 0 Å². The summed E-state index contributed by atoms with van der Waals surface area (Å²) in [4.78, 5) is 26.5. The Balaban J connectivity index is 1.32. The van der Waals surface area contributed by atoms with Gasteiger partial charge in [0.2, 0.25) is 11.8 Å². The smallest absolute Gasteiger partial charge is 0.228 e. The van der Waals surface area contributed by atoms with Crippen LogP contribution >= 0.6 is 0 Å². The number of carbonyl (C=O) groups excluding carboxylic acids is 2. The number of nitrogens with one attached hydrogen (secondary N) is 1. The van der Waals surface area contributed by atoms with E-state index in [0.717, 1.165) is 24.5 Å². The Labute approximate surface area is 172 Å². The molecule has 0 bridgehead atoms.